The molecule has 2 aromatic carbocycles. The predicted molar refractivity (Wildman–Crippen MR) is 104 cm³/mol. The molecule has 27 heavy (non-hydrogen) atoms. The van der Waals surface area contributed by atoms with Crippen LogP contribution in [0.25, 0.3) is 0 Å². The van der Waals surface area contributed by atoms with Crippen LogP contribution in [-0.2, 0) is 0 Å². The Bertz CT molecular complexity index is 837. The number of carboxylic acids is 1. The Hall–Kier alpha value is -2.71. The van der Waals surface area contributed by atoms with Gasteiger partial charge < -0.3 is 10.0 Å². The smallest absolute Gasteiger partial charge is 0.335 e. The van der Waals surface area contributed by atoms with Gasteiger partial charge in [0.1, 0.15) is 0 Å². The third kappa shape index (κ3) is 5.63. The molecule has 0 radical (unpaired) electrons. The number of hydrogen-bond donors (Lipinski definition) is 1. The standard InChI is InChI=1S/C17H16Cl2N4O4/c18-7-9-22(10-8-19)14-4-2-13(3-5-14)20-21-15-6-1-12(17(24)25)11-16(15)23(26)27/h1-6,11H,7-10H2,(H,24,25). The van der Waals surface area contributed by atoms with Crippen molar-refractivity contribution in [2.24, 2.45) is 10.2 Å². The van der Waals surface area contributed by atoms with Crippen LogP contribution in [0.5, 0.6) is 0 Å². The second kappa shape index (κ2) is 9.84. The van der Waals surface area contributed by atoms with Crippen LogP contribution in [0.4, 0.5) is 22.7 Å². The van der Waals surface area contributed by atoms with Crippen LogP contribution in [0.1, 0.15) is 10.4 Å². The first-order valence-electron chi connectivity index (χ1n) is 7.86. The maximum atomic E-state index is 11.1. The number of nitro groups is 1. The van der Waals surface area contributed by atoms with Crippen LogP contribution in [0.15, 0.2) is 52.7 Å². The fraction of sp³-hybridized carbons (Fsp3) is 0.235. The van der Waals surface area contributed by atoms with Crippen LogP contribution in [0.2, 0.25) is 0 Å². The Labute approximate surface area is 165 Å². The number of nitro benzene ring substituents is 1. The van der Waals surface area contributed by atoms with Gasteiger partial charge in [-0.3, -0.25) is 10.1 Å². The van der Waals surface area contributed by atoms with E-state index in [1.165, 1.54) is 12.1 Å². The number of carbonyl (C=O) groups is 1. The molecule has 0 heterocycles. The van der Waals surface area contributed by atoms with Gasteiger partial charge in [-0.05, 0) is 36.4 Å². The molecule has 0 fully saturated rings. The SMILES string of the molecule is O=C(O)c1ccc(N=Nc2ccc(N(CCCl)CCCl)cc2)c([N+](=O)[O-])c1. The average molecular weight is 411 g/mol. The summed E-state index contributed by atoms with van der Waals surface area (Å²) in [6.45, 7) is 1.30. The lowest BCUT2D eigenvalue weighted by Crippen LogP contribution is -2.27. The van der Waals surface area contributed by atoms with Crippen molar-refractivity contribution in [2.45, 2.75) is 0 Å². The van der Waals surface area contributed by atoms with Gasteiger partial charge in [0.05, 0.1) is 16.2 Å². The van der Waals surface area contributed by atoms with Gasteiger partial charge in [-0.1, -0.05) is 0 Å². The van der Waals surface area contributed by atoms with Crippen molar-refractivity contribution in [3.05, 3.63) is 58.1 Å². The Morgan fingerprint density at radius 1 is 1.07 bits per heavy atom. The van der Waals surface area contributed by atoms with Crippen molar-refractivity contribution < 1.29 is 14.8 Å². The number of carboxylic acid groups (broad SMARTS) is 1. The second-order valence-corrected chi connectivity index (χ2v) is 6.10. The van der Waals surface area contributed by atoms with Crippen LogP contribution in [0.3, 0.4) is 0 Å². The number of azo groups is 1. The fourth-order valence-corrected chi connectivity index (χ4v) is 2.71. The summed E-state index contributed by atoms with van der Waals surface area (Å²) < 4.78 is 0. The van der Waals surface area contributed by atoms with E-state index < -0.39 is 16.6 Å². The molecule has 0 spiro atoms. The summed E-state index contributed by atoms with van der Waals surface area (Å²) in [6, 6.07) is 10.5. The molecule has 142 valence electrons. The number of aromatic carboxylic acids is 1. The third-order valence-corrected chi connectivity index (χ3v) is 3.95. The van der Waals surface area contributed by atoms with Crippen LogP contribution in [0, 0.1) is 10.1 Å². The average Bonchev–Trinajstić information content (AvgIpc) is 2.66. The normalized spacial score (nSPS) is 10.9. The van der Waals surface area contributed by atoms with Gasteiger partial charge in [-0.15, -0.1) is 28.3 Å². The Morgan fingerprint density at radius 3 is 2.22 bits per heavy atom. The molecule has 0 aliphatic heterocycles. The van der Waals surface area contributed by atoms with Gasteiger partial charge in [0, 0.05) is 36.6 Å². The topological polar surface area (TPSA) is 108 Å². The van der Waals surface area contributed by atoms with Crippen molar-refractivity contribution in [3.63, 3.8) is 0 Å². The number of alkyl halides is 2. The molecule has 0 saturated heterocycles. The Morgan fingerprint density at radius 2 is 1.70 bits per heavy atom. The monoisotopic (exact) mass is 410 g/mol. The molecule has 0 saturated carbocycles. The lowest BCUT2D eigenvalue weighted by atomic mass is 10.2. The van der Waals surface area contributed by atoms with Crippen LogP contribution in [-0.4, -0.2) is 40.8 Å². The zero-order valence-corrected chi connectivity index (χ0v) is 15.6. The highest BCUT2D eigenvalue weighted by Crippen LogP contribution is 2.30. The quantitative estimate of drug-likeness (QED) is 0.271. The zero-order valence-electron chi connectivity index (χ0n) is 14.1. The van der Waals surface area contributed by atoms with Gasteiger partial charge in [0.25, 0.3) is 5.69 Å². The van der Waals surface area contributed by atoms with E-state index in [-0.39, 0.29) is 11.3 Å². The summed E-state index contributed by atoms with van der Waals surface area (Å²) in [6.07, 6.45) is 0. The molecule has 0 bridgehead atoms. The largest absolute Gasteiger partial charge is 0.478 e. The highest BCUT2D eigenvalue weighted by molar-refractivity contribution is 6.18. The highest BCUT2D eigenvalue weighted by Gasteiger charge is 2.17. The first kappa shape index (κ1) is 20.6. The molecule has 0 unspecified atom stereocenters. The van der Waals surface area contributed by atoms with Gasteiger partial charge in [0.15, 0.2) is 5.69 Å². The molecule has 2 aromatic rings. The molecular weight excluding hydrogens is 395 g/mol. The van der Waals surface area contributed by atoms with Crippen molar-refractivity contribution >= 4 is 51.9 Å². The van der Waals surface area contributed by atoms with Crippen molar-refractivity contribution in [2.75, 3.05) is 29.7 Å². The second-order valence-electron chi connectivity index (χ2n) is 5.35. The lowest BCUT2D eigenvalue weighted by molar-refractivity contribution is -0.384. The molecule has 0 aliphatic carbocycles. The Balaban J connectivity index is 2.23. The van der Waals surface area contributed by atoms with E-state index in [0.717, 1.165) is 11.8 Å². The van der Waals surface area contributed by atoms with Crippen LogP contribution < -0.4 is 4.90 Å². The predicted octanol–water partition coefficient (Wildman–Crippen LogP) is 4.99. The lowest BCUT2D eigenvalue weighted by Gasteiger charge is -2.22. The van der Waals surface area contributed by atoms with Gasteiger partial charge in [-0.2, -0.15) is 5.11 Å². The van der Waals surface area contributed by atoms with E-state index in [9.17, 15) is 14.9 Å². The first-order chi connectivity index (χ1) is 13.0. The summed E-state index contributed by atoms with van der Waals surface area (Å²) in [5.74, 6) is -0.321. The number of anilines is 1. The third-order valence-electron chi connectivity index (χ3n) is 3.62. The van der Waals surface area contributed by atoms with E-state index >= 15 is 0 Å². The molecule has 0 aliphatic rings. The van der Waals surface area contributed by atoms with Crippen molar-refractivity contribution in [1.82, 2.24) is 0 Å². The fourth-order valence-electron chi connectivity index (χ4n) is 2.30. The highest BCUT2D eigenvalue weighted by atomic mass is 35.5. The molecule has 0 atom stereocenters. The van der Waals surface area contributed by atoms with Crippen molar-refractivity contribution in [3.8, 4) is 0 Å². The summed E-state index contributed by atoms with van der Waals surface area (Å²) in [5, 5.41) is 27.9. The summed E-state index contributed by atoms with van der Waals surface area (Å²) in [5.41, 5.74) is 0.772. The molecule has 10 heteroatoms. The van der Waals surface area contributed by atoms with Crippen molar-refractivity contribution in [1.29, 1.82) is 0 Å². The number of halogens is 2. The molecule has 1 N–H and O–H groups in total. The molecule has 0 amide bonds. The maximum Gasteiger partial charge on any atom is 0.335 e. The van der Waals surface area contributed by atoms with E-state index in [1.54, 1.807) is 12.1 Å². The number of nitrogens with zero attached hydrogens (tertiary/aromatic N) is 4. The minimum atomic E-state index is -1.25. The van der Waals surface area contributed by atoms with Crippen LogP contribution >= 0.6 is 23.2 Å². The van der Waals surface area contributed by atoms with E-state index in [2.05, 4.69) is 10.2 Å². The number of benzene rings is 2. The van der Waals surface area contributed by atoms with Gasteiger partial charge >= 0.3 is 5.97 Å². The molecule has 2 rings (SSSR count). The minimum absolute atomic E-state index is 0.0278. The first-order valence-corrected chi connectivity index (χ1v) is 8.93. The molecule has 8 nitrogen and oxygen atoms in total. The van der Waals surface area contributed by atoms with E-state index in [0.29, 0.717) is 30.5 Å². The maximum absolute atomic E-state index is 11.1. The molecular formula is C17H16Cl2N4O4. The molecule has 0 aromatic heterocycles. The number of rotatable bonds is 9. The zero-order chi connectivity index (χ0) is 19.8. The summed E-state index contributed by atoms with van der Waals surface area (Å²) in [7, 11) is 0. The van der Waals surface area contributed by atoms with E-state index in [4.69, 9.17) is 28.3 Å². The van der Waals surface area contributed by atoms with E-state index in [1.807, 2.05) is 17.0 Å². The minimum Gasteiger partial charge on any atom is -0.478 e. The van der Waals surface area contributed by atoms with Gasteiger partial charge in [-0.25, -0.2) is 4.79 Å². The Kier molecular flexibility index (Phi) is 7.51. The summed E-state index contributed by atoms with van der Waals surface area (Å²) in [4.78, 5) is 23.4. The van der Waals surface area contributed by atoms with Gasteiger partial charge in [0.2, 0.25) is 0 Å². The number of hydrogen-bond acceptors (Lipinski definition) is 6. The summed E-state index contributed by atoms with van der Waals surface area (Å²) >= 11 is 11.6.